The van der Waals surface area contributed by atoms with Crippen LogP contribution in [0.1, 0.15) is 25.8 Å². The van der Waals surface area contributed by atoms with Gasteiger partial charge in [-0.3, -0.25) is 9.69 Å². The van der Waals surface area contributed by atoms with Gasteiger partial charge in [-0.1, -0.05) is 25.1 Å². The predicted molar refractivity (Wildman–Crippen MR) is 135 cm³/mol. The van der Waals surface area contributed by atoms with Crippen LogP contribution < -0.4 is 9.47 Å². The molecule has 1 amide bonds. The number of amidine groups is 1. The fourth-order valence-corrected chi connectivity index (χ4v) is 4.79. The monoisotopic (exact) mass is 566 g/mol. The number of ether oxygens (including phenoxy) is 2. The molecular weight excluding hydrogens is 543 g/mol. The molecule has 0 unspecified atom stereocenters. The lowest BCUT2D eigenvalue weighted by molar-refractivity contribution is -0.139. The van der Waals surface area contributed by atoms with E-state index in [1.54, 1.807) is 17.0 Å². The fourth-order valence-electron chi connectivity index (χ4n) is 2.98. The largest absolute Gasteiger partial charge is 0.490 e. The van der Waals surface area contributed by atoms with Gasteiger partial charge >= 0.3 is 5.97 Å². The maximum atomic E-state index is 13.1. The summed E-state index contributed by atoms with van der Waals surface area (Å²) in [7, 11) is 0. The van der Waals surface area contributed by atoms with Gasteiger partial charge in [-0.05, 0) is 83.6 Å². The van der Waals surface area contributed by atoms with E-state index in [9.17, 15) is 9.59 Å². The van der Waals surface area contributed by atoms with Crippen LogP contribution in [0, 0.1) is 3.57 Å². The van der Waals surface area contributed by atoms with Crippen LogP contribution in [0.4, 0.5) is 5.69 Å². The molecule has 1 fully saturated rings. The van der Waals surface area contributed by atoms with Crippen molar-refractivity contribution in [2.45, 2.75) is 20.3 Å². The van der Waals surface area contributed by atoms with Gasteiger partial charge in [-0.2, -0.15) is 0 Å². The van der Waals surface area contributed by atoms with Gasteiger partial charge in [0.2, 0.25) is 0 Å². The van der Waals surface area contributed by atoms with E-state index in [0.717, 1.165) is 17.7 Å². The van der Waals surface area contributed by atoms with Crippen LogP contribution in [0.2, 0.25) is 0 Å². The first-order valence-electron chi connectivity index (χ1n) is 10.1. The lowest BCUT2D eigenvalue weighted by Gasteiger charge is -2.14. The summed E-state index contributed by atoms with van der Waals surface area (Å²) >= 11 is 3.41. The van der Waals surface area contributed by atoms with E-state index >= 15 is 0 Å². The molecule has 0 spiro atoms. The van der Waals surface area contributed by atoms with Gasteiger partial charge in [0.25, 0.3) is 5.91 Å². The molecule has 2 aromatic rings. The number of amides is 1. The second kappa shape index (κ2) is 11.4. The zero-order chi connectivity index (χ0) is 23.1. The van der Waals surface area contributed by atoms with E-state index in [1.165, 1.54) is 11.8 Å². The maximum Gasteiger partial charge on any atom is 0.341 e. The van der Waals surface area contributed by atoms with Crippen molar-refractivity contribution < 1.29 is 24.2 Å². The second-order valence-electron chi connectivity index (χ2n) is 6.74. The minimum Gasteiger partial charge on any atom is -0.490 e. The number of aliphatic imine (C=N–C) groups is 1. The van der Waals surface area contributed by atoms with Crippen molar-refractivity contribution in [1.82, 2.24) is 4.90 Å². The first kappa shape index (κ1) is 24.1. The molecule has 0 bridgehead atoms. The highest BCUT2D eigenvalue weighted by Gasteiger charge is 2.33. The molecule has 1 aliphatic rings. The smallest absolute Gasteiger partial charge is 0.341 e. The number of halogens is 1. The molecule has 168 valence electrons. The molecule has 0 atom stereocenters. The van der Waals surface area contributed by atoms with Gasteiger partial charge in [0.15, 0.2) is 23.3 Å². The predicted octanol–water partition coefficient (Wildman–Crippen LogP) is 5.17. The van der Waals surface area contributed by atoms with E-state index in [1.807, 2.05) is 50.2 Å². The fraction of sp³-hybridized carbons (Fsp3) is 0.261. The molecule has 2 aromatic carbocycles. The number of carbonyl (C=O) groups excluding carboxylic acids is 1. The van der Waals surface area contributed by atoms with Gasteiger partial charge in [-0.15, -0.1) is 0 Å². The number of rotatable bonds is 9. The standard InChI is InChI=1S/C23H23IN2O5S/c1-3-10-26-22(29)19(32-23(26)25-16-8-6-5-7-9-16)13-15-11-17(24)21(31-14-20(27)28)18(12-15)30-4-2/h5-9,11-13H,3-4,10,14H2,1-2H3,(H,27,28)/b19-13+,25-23?. The quantitative estimate of drug-likeness (QED) is 0.333. The molecule has 0 saturated carbocycles. The van der Waals surface area contributed by atoms with Gasteiger partial charge in [-0.25, -0.2) is 9.79 Å². The summed E-state index contributed by atoms with van der Waals surface area (Å²) in [5.41, 5.74) is 1.55. The Morgan fingerprint density at radius 2 is 1.97 bits per heavy atom. The number of carboxylic acid groups (broad SMARTS) is 1. The summed E-state index contributed by atoms with van der Waals surface area (Å²) in [4.78, 5) is 30.9. The topological polar surface area (TPSA) is 88.4 Å². The van der Waals surface area contributed by atoms with Crippen molar-refractivity contribution >= 4 is 63.2 Å². The number of carboxylic acids is 1. The number of benzene rings is 2. The molecule has 1 saturated heterocycles. The Kier molecular flexibility index (Phi) is 8.57. The SMILES string of the molecule is CCCN1C(=O)/C(=C\c2cc(I)c(OCC(=O)O)c(OCC)c2)SC1=Nc1ccccc1. The molecular formula is C23H23IN2O5S. The third-order valence-corrected chi connectivity index (χ3v) is 6.09. The van der Waals surface area contributed by atoms with Gasteiger partial charge in [0.1, 0.15) is 0 Å². The van der Waals surface area contributed by atoms with E-state index < -0.39 is 12.6 Å². The first-order valence-corrected chi connectivity index (χ1v) is 12.0. The Hall–Kier alpha value is -2.53. The highest BCUT2D eigenvalue weighted by atomic mass is 127. The lowest BCUT2D eigenvalue weighted by atomic mass is 10.2. The van der Waals surface area contributed by atoms with E-state index in [-0.39, 0.29) is 5.91 Å². The van der Waals surface area contributed by atoms with E-state index in [4.69, 9.17) is 14.6 Å². The zero-order valence-corrected chi connectivity index (χ0v) is 20.7. The second-order valence-corrected chi connectivity index (χ2v) is 8.91. The molecule has 0 radical (unpaired) electrons. The van der Waals surface area contributed by atoms with Crippen LogP contribution in [0.25, 0.3) is 6.08 Å². The highest BCUT2D eigenvalue weighted by Crippen LogP contribution is 2.38. The van der Waals surface area contributed by atoms with Crippen LogP contribution in [0.15, 0.2) is 52.4 Å². The summed E-state index contributed by atoms with van der Waals surface area (Å²) in [6.45, 7) is 4.37. The van der Waals surface area contributed by atoms with Crippen LogP contribution >= 0.6 is 34.4 Å². The minimum atomic E-state index is -1.07. The normalized spacial score (nSPS) is 16.1. The molecule has 7 nitrogen and oxygen atoms in total. The van der Waals surface area contributed by atoms with Crippen molar-refractivity contribution in [3.63, 3.8) is 0 Å². The van der Waals surface area contributed by atoms with E-state index in [2.05, 4.69) is 27.6 Å². The number of aliphatic carboxylic acids is 1. The third-order valence-electron chi connectivity index (χ3n) is 4.29. The molecule has 9 heteroatoms. The first-order chi connectivity index (χ1) is 15.4. The van der Waals surface area contributed by atoms with Crippen molar-refractivity contribution in [2.75, 3.05) is 19.8 Å². The van der Waals surface area contributed by atoms with Crippen LogP contribution in [0.3, 0.4) is 0 Å². The van der Waals surface area contributed by atoms with E-state index in [0.29, 0.717) is 38.3 Å². The Bertz CT molecular complexity index is 1060. The van der Waals surface area contributed by atoms with Crippen LogP contribution in [-0.4, -0.2) is 46.8 Å². The van der Waals surface area contributed by atoms with Gasteiger partial charge < -0.3 is 14.6 Å². The van der Waals surface area contributed by atoms with Crippen LogP contribution in [0.5, 0.6) is 11.5 Å². The summed E-state index contributed by atoms with van der Waals surface area (Å²) < 4.78 is 11.8. The van der Waals surface area contributed by atoms with Gasteiger partial charge in [0, 0.05) is 6.54 Å². The Labute approximate surface area is 204 Å². The van der Waals surface area contributed by atoms with Gasteiger partial charge in [0.05, 0.1) is 20.8 Å². The average Bonchev–Trinajstić information content (AvgIpc) is 3.03. The number of hydrogen-bond donors (Lipinski definition) is 1. The molecule has 3 rings (SSSR count). The number of nitrogens with zero attached hydrogens (tertiary/aromatic N) is 2. The minimum absolute atomic E-state index is 0.0919. The molecule has 32 heavy (non-hydrogen) atoms. The molecule has 0 aliphatic carbocycles. The van der Waals surface area contributed by atoms with Crippen molar-refractivity contribution in [3.8, 4) is 11.5 Å². The summed E-state index contributed by atoms with van der Waals surface area (Å²) in [6.07, 6.45) is 2.62. The number of thioether (sulfide) groups is 1. The zero-order valence-electron chi connectivity index (χ0n) is 17.7. The summed E-state index contributed by atoms with van der Waals surface area (Å²) in [5.74, 6) is -0.345. The number of carbonyl (C=O) groups is 2. The average molecular weight is 566 g/mol. The summed E-state index contributed by atoms with van der Waals surface area (Å²) in [5, 5.41) is 9.57. The molecule has 1 heterocycles. The Balaban J connectivity index is 1.95. The Morgan fingerprint density at radius 3 is 2.62 bits per heavy atom. The molecule has 0 aromatic heterocycles. The van der Waals surface area contributed by atoms with Crippen molar-refractivity contribution in [3.05, 3.63) is 56.5 Å². The third kappa shape index (κ3) is 6.04. The van der Waals surface area contributed by atoms with Crippen molar-refractivity contribution in [2.24, 2.45) is 4.99 Å². The summed E-state index contributed by atoms with van der Waals surface area (Å²) in [6, 6.07) is 13.1. The van der Waals surface area contributed by atoms with Crippen molar-refractivity contribution in [1.29, 1.82) is 0 Å². The number of hydrogen-bond acceptors (Lipinski definition) is 6. The highest BCUT2D eigenvalue weighted by molar-refractivity contribution is 14.1. The lowest BCUT2D eigenvalue weighted by Crippen LogP contribution is -2.29. The maximum absolute atomic E-state index is 13.1. The number of para-hydroxylation sites is 1. The van der Waals surface area contributed by atoms with Crippen LogP contribution in [-0.2, 0) is 9.59 Å². The molecule has 1 N–H and O–H groups in total. The Morgan fingerprint density at radius 1 is 1.22 bits per heavy atom. The molecule has 1 aliphatic heterocycles.